The zero-order valence-corrected chi connectivity index (χ0v) is 9.45. The van der Waals surface area contributed by atoms with E-state index < -0.39 is 0 Å². The summed E-state index contributed by atoms with van der Waals surface area (Å²) < 4.78 is 13.4. The molecule has 13 heavy (non-hydrogen) atoms. The zero-order valence-electron chi connectivity index (χ0n) is 8.45. The summed E-state index contributed by atoms with van der Waals surface area (Å²) in [4.78, 5) is 0. The molecular formula is C11H16FP. The van der Waals surface area contributed by atoms with Crippen molar-refractivity contribution in [2.24, 2.45) is 0 Å². The Bertz CT molecular complexity index is 284. The maximum absolute atomic E-state index is 13.4. The third-order valence-corrected chi connectivity index (χ3v) is 3.23. The van der Waals surface area contributed by atoms with Crippen LogP contribution in [0.3, 0.4) is 0 Å². The van der Waals surface area contributed by atoms with Gasteiger partial charge >= 0.3 is 0 Å². The molecule has 0 aromatic heterocycles. The van der Waals surface area contributed by atoms with Crippen LogP contribution < -0.4 is 0 Å². The second-order valence-corrected chi connectivity index (χ2v) is 4.58. The molecule has 0 amide bonds. The van der Waals surface area contributed by atoms with Crippen LogP contribution in [0.15, 0.2) is 34.4 Å². The van der Waals surface area contributed by atoms with Crippen LogP contribution in [0, 0.1) is 0 Å². The number of hydrogen-bond donors (Lipinski definition) is 0. The minimum Gasteiger partial charge on any atom is -0.212 e. The Hall–Kier alpha value is -0.420. The van der Waals surface area contributed by atoms with Crippen molar-refractivity contribution in [1.29, 1.82) is 0 Å². The summed E-state index contributed by atoms with van der Waals surface area (Å²) in [6, 6.07) is 0. The lowest BCUT2D eigenvalue weighted by molar-refractivity contribution is 0.599. The molecule has 0 spiro atoms. The van der Waals surface area contributed by atoms with Crippen molar-refractivity contribution >= 4 is 8.58 Å². The molecule has 0 radical (unpaired) electrons. The zero-order chi connectivity index (χ0) is 9.84. The molecule has 2 heteroatoms. The summed E-state index contributed by atoms with van der Waals surface area (Å²) in [5.41, 5.74) is 2.14. The number of hydrogen-bond acceptors (Lipinski definition) is 0. The standard InChI is InChI=1S/C11H16FP/c1-8-4-5-9(2)11(12)7-10(6-8)13-3/h4,6,13H,5,7H2,1-3H3/b8-4-,10-6+,11-9+. The molecule has 72 valence electrons. The Balaban J connectivity index is 2.96. The van der Waals surface area contributed by atoms with Crippen LogP contribution >= 0.6 is 8.58 Å². The lowest BCUT2D eigenvalue weighted by Gasteiger charge is -2.09. The molecule has 1 aliphatic rings. The van der Waals surface area contributed by atoms with Crippen molar-refractivity contribution in [3.05, 3.63) is 34.4 Å². The van der Waals surface area contributed by atoms with Crippen molar-refractivity contribution in [3.8, 4) is 0 Å². The summed E-state index contributed by atoms with van der Waals surface area (Å²) >= 11 is 0. The van der Waals surface area contributed by atoms with Crippen LogP contribution in [-0.2, 0) is 0 Å². The largest absolute Gasteiger partial charge is 0.212 e. The highest BCUT2D eigenvalue weighted by Gasteiger charge is 2.06. The van der Waals surface area contributed by atoms with E-state index in [0.717, 1.165) is 12.0 Å². The van der Waals surface area contributed by atoms with Crippen LogP contribution in [0.2, 0.25) is 0 Å². The SMILES string of the molecule is CP/C1=C/C(C)=C\C/C(C)=C(/F)C1. The van der Waals surface area contributed by atoms with Gasteiger partial charge in [0, 0.05) is 6.42 Å². The van der Waals surface area contributed by atoms with Crippen LogP contribution in [0.1, 0.15) is 26.7 Å². The number of halogens is 1. The molecular weight excluding hydrogens is 182 g/mol. The Kier molecular flexibility index (Phi) is 3.87. The summed E-state index contributed by atoms with van der Waals surface area (Å²) in [6.45, 7) is 6.06. The van der Waals surface area contributed by atoms with Crippen molar-refractivity contribution in [1.82, 2.24) is 0 Å². The lowest BCUT2D eigenvalue weighted by atomic mass is 10.1. The molecule has 1 atom stereocenters. The van der Waals surface area contributed by atoms with E-state index in [4.69, 9.17) is 0 Å². The predicted molar refractivity (Wildman–Crippen MR) is 59.1 cm³/mol. The van der Waals surface area contributed by atoms with Crippen LogP contribution in [-0.4, -0.2) is 6.66 Å². The lowest BCUT2D eigenvalue weighted by Crippen LogP contribution is -1.88. The van der Waals surface area contributed by atoms with Gasteiger partial charge in [0.1, 0.15) is 5.83 Å². The fourth-order valence-electron chi connectivity index (χ4n) is 1.29. The third kappa shape index (κ3) is 3.08. The van der Waals surface area contributed by atoms with E-state index in [1.807, 2.05) is 6.92 Å². The summed E-state index contributed by atoms with van der Waals surface area (Å²) in [6.07, 6.45) is 5.49. The van der Waals surface area contributed by atoms with E-state index in [1.165, 1.54) is 10.9 Å². The van der Waals surface area contributed by atoms with E-state index in [-0.39, 0.29) is 5.83 Å². The third-order valence-electron chi connectivity index (χ3n) is 2.26. The molecule has 0 aromatic carbocycles. The van der Waals surface area contributed by atoms with Gasteiger partial charge in [0.25, 0.3) is 0 Å². The summed E-state index contributed by atoms with van der Waals surface area (Å²) in [5, 5.41) is 1.21. The quantitative estimate of drug-likeness (QED) is 0.555. The highest BCUT2D eigenvalue weighted by Crippen LogP contribution is 2.31. The molecule has 0 aromatic rings. The normalized spacial score (nSPS) is 33.5. The van der Waals surface area contributed by atoms with Crippen molar-refractivity contribution < 1.29 is 4.39 Å². The molecule has 0 aliphatic heterocycles. The van der Waals surface area contributed by atoms with Gasteiger partial charge in [-0.3, -0.25) is 0 Å². The van der Waals surface area contributed by atoms with E-state index in [2.05, 4.69) is 25.7 Å². The molecule has 1 aliphatic carbocycles. The highest BCUT2D eigenvalue weighted by molar-refractivity contribution is 7.42. The van der Waals surface area contributed by atoms with Gasteiger partial charge in [-0.2, -0.15) is 0 Å². The minimum absolute atomic E-state index is 0.0596. The smallest absolute Gasteiger partial charge is 0.104 e. The molecule has 0 heterocycles. The molecule has 0 bridgehead atoms. The van der Waals surface area contributed by atoms with Gasteiger partial charge in [0.15, 0.2) is 0 Å². The Morgan fingerprint density at radius 3 is 2.69 bits per heavy atom. The van der Waals surface area contributed by atoms with Crippen LogP contribution in [0.5, 0.6) is 0 Å². The second-order valence-electron chi connectivity index (χ2n) is 3.43. The van der Waals surface area contributed by atoms with Gasteiger partial charge < -0.3 is 0 Å². The van der Waals surface area contributed by atoms with Gasteiger partial charge in [0.05, 0.1) is 0 Å². The first-order valence-electron chi connectivity index (χ1n) is 4.52. The van der Waals surface area contributed by atoms with Crippen LogP contribution in [0.4, 0.5) is 4.39 Å². The van der Waals surface area contributed by atoms with E-state index >= 15 is 0 Å². The van der Waals surface area contributed by atoms with Gasteiger partial charge in [-0.15, -0.1) is 0 Å². The van der Waals surface area contributed by atoms with Crippen molar-refractivity contribution in [2.45, 2.75) is 26.7 Å². The first kappa shape index (κ1) is 10.7. The van der Waals surface area contributed by atoms with E-state index in [1.54, 1.807) is 0 Å². The topological polar surface area (TPSA) is 0 Å². The van der Waals surface area contributed by atoms with Crippen LogP contribution in [0.25, 0.3) is 0 Å². The van der Waals surface area contributed by atoms with Crippen molar-refractivity contribution in [2.75, 3.05) is 6.66 Å². The maximum atomic E-state index is 13.4. The molecule has 0 saturated heterocycles. The van der Waals surface area contributed by atoms with Gasteiger partial charge in [-0.25, -0.2) is 4.39 Å². The maximum Gasteiger partial charge on any atom is 0.104 e. The monoisotopic (exact) mass is 198 g/mol. The molecule has 0 fully saturated rings. The Morgan fingerprint density at radius 2 is 2.08 bits per heavy atom. The summed E-state index contributed by atoms with van der Waals surface area (Å²) in [7, 11) is 0.707. The Morgan fingerprint density at radius 1 is 1.38 bits per heavy atom. The first-order valence-corrected chi connectivity index (χ1v) is 6.02. The fraction of sp³-hybridized carbons (Fsp3) is 0.455. The molecule has 0 nitrogen and oxygen atoms in total. The second kappa shape index (κ2) is 4.72. The van der Waals surface area contributed by atoms with Gasteiger partial charge in [-0.05, 0) is 37.8 Å². The first-order chi connectivity index (χ1) is 6.13. The molecule has 1 unspecified atom stereocenters. The average Bonchev–Trinajstić information content (AvgIpc) is 2.11. The van der Waals surface area contributed by atoms with Gasteiger partial charge in [0.2, 0.25) is 0 Å². The molecule has 0 N–H and O–H groups in total. The summed E-state index contributed by atoms with van der Waals surface area (Å²) in [5.74, 6) is 0.0596. The Labute approximate surface area is 81.4 Å². The van der Waals surface area contributed by atoms with Crippen molar-refractivity contribution in [3.63, 3.8) is 0 Å². The highest BCUT2D eigenvalue weighted by atomic mass is 31.1. The predicted octanol–water partition coefficient (Wildman–Crippen LogP) is 4.16. The molecule has 1 rings (SSSR count). The number of allylic oxidation sites excluding steroid dienone is 6. The fourth-order valence-corrected chi connectivity index (χ4v) is 1.99. The molecule has 0 saturated carbocycles. The van der Waals surface area contributed by atoms with E-state index in [0.29, 0.717) is 15.0 Å². The van der Waals surface area contributed by atoms with Gasteiger partial charge in [-0.1, -0.05) is 26.3 Å². The average molecular weight is 198 g/mol. The van der Waals surface area contributed by atoms with E-state index in [9.17, 15) is 4.39 Å². The minimum atomic E-state index is 0.0596. The number of rotatable bonds is 1.